The summed E-state index contributed by atoms with van der Waals surface area (Å²) in [6, 6.07) is -3.80. The summed E-state index contributed by atoms with van der Waals surface area (Å²) >= 11 is 4.15. The minimum atomic E-state index is -1.15. The van der Waals surface area contributed by atoms with Gasteiger partial charge in [0.1, 0.15) is 18.1 Å². The van der Waals surface area contributed by atoms with Gasteiger partial charge in [-0.2, -0.15) is 12.6 Å². The van der Waals surface area contributed by atoms with Gasteiger partial charge in [0.15, 0.2) is 0 Å². The van der Waals surface area contributed by atoms with Crippen LogP contribution in [0.25, 0.3) is 0 Å². The fraction of sp³-hybridized carbons (Fsp3) is 0.810. The molecule has 6 unspecified atom stereocenters. The van der Waals surface area contributed by atoms with Gasteiger partial charge in [-0.15, -0.1) is 0 Å². The molecule has 0 rings (SSSR count). The van der Waals surface area contributed by atoms with Crippen molar-refractivity contribution in [3.8, 4) is 0 Å². The number of carboxylic acids is 1. The van der Waals surface area contributed by atoms with Gasteiger partial charge < -0.3 is 32.5 Å². The minimum Gasteiger partial charge on any atom is -0.480 e. The predicted octanol–water partition coefficient (Wildman–Crippen LogP) is 0.00370. The molecule has 0 aliphatic heterocycles. The number of carbonyl (C=O) groups is 4. The molecule has 11 heteroatoms. The predicted molar refractivity (Wildman–Crippen MR) is 127 cm³/mol. The highest BCUT2D eigenvalue weighted by Crippen LogP contribution is 2.11. The maximum Gasteiger partial charge on any atom is 0.326 e. The van der Waals surface area contributed by atoms with Crippen molar-refractivity contribution in [3.05, 3.63) is 0 Å². The lowest BCUT2D eigenvalue weighted by atomic mass is 9.97. The van der Waals surface area contributed by atoms with Crippen molar-refractivity contribution < 1.29 is 24.3 Å². The highest BCUT2D eigenvalue weighted by Gasteiger charge is 2.32. The van der Waals surface area contributed by atoms with E-state index in [4.69, 9.17) is 11.5 Å². The topological polar surface area (TPSA) is 177 Å². The number of hydrogen-bond donors (Lipinski definition) is 7. The van der Waals surface area contributed by atoms with Crippen LogP contribution in [0, 0.1) is 11.8 Å². The van der Waals surface area contributed by atoms with Gasteiger partial charge in [0, 0.05) is 5.75 Å². The van der Waals surface area contributed by atoms with Gasteiger partial charge >= 0.3 is 5.97 Å². The van der Waals surface area contributed by atoms with Crippen molar-refractivity contribution in [2.45, 2.75) is 84.0 Å². The highest BCUT2D eigenvalue weighted by atomic mass is 32.1. The first-order valence-corrected chi connectivity index (χ1v) is 11.9. The molecule has 0 aliphatic carbocycles. The normalized spacial score (nSPS) is 16.7. The second-order valence-corrected chi connectivity index (χ2v) is 8.58. The third-order valence-corrected chi connectivity index (χ3v) is 6.10. The van der Waals surface area contributed by atoms with Gasteiger partial charge in [0.2, 0.25) is 17.7 Å². The van der Waals surface area contributed by atoms with Crippen LogP contribution in [0.4, 0.5) is 0 Å². The number of nitrogens with two attached hydrogens (primary N) is 2. The average molecular weight is 476 g/mol. The number of amides is 3. The molecular weight excluding hydrogens is 434 g/mol. The SMILES string of the molecule is CCC(C)C(N)C(=O)NC(CS)C(=O)NC(C(=O)NC(CCCCN)C(=O)O)C(C)CC. The van der Waals surface area contributed by atoms with E-state index in [-0.39, 0.29) is 24.0 Å². The Labute approximate surface area is 196 Å². The molecule has 0 radical (unpaired) electrons. The Balaban J connectivity index is 5.30. The largest absolute Gasteiger partial charge is 0.480 e. The molecule has 0 saturated carbocycles. The zero-order valence-corrected chi connectivity index (χ0v) is 20.5. The van der Waals surface area contributed by atoms with Gasteiger partial charge in [-0.05, 0) is 37.6 Å². The second kappa shape index (κ2) is 15.9. The lowest BCUT2D eigenvalue weighted by Crippen LogP contribution is -2.59. The average Bonchev–Trinajstić information content (AvgIpc) is 2.77. The van der Waals surface area contributed by atoms with Crippen LogP contribution in [-0.2, 0) is 19.2 Å². The Hall–Kier alpha value is -1.85. The van der Waals surface area contributed by atoms with E-state index in [1.807, 2.05) is 20.8 Å². The maximum atomic E-state index is 12.9. The van der Waals surface area contributed by atoms with Crippen LogP contribution in [0.3, 0.4) is 0 Å². The van der Waals surface area contributed by atoms with Gasteiger partial charge in [-0.1, -0.05) is 40.5 Å². The molecule has 0 aromatic carbocycles. The van der Waals surface area contributed by atoms with Gasteiger partial charge in [-0.25, -0.2) is 4.79 Å². The molecule has 8 N–H and O–H groups in total. The van der Waals surface area contributed by atoms with Crippen LogP contribution in [-0.4, -0.2) is 65.3 Å². The fourth-order valence-electron chi connectivity index (χ4n) is 2.94. The standard InChI is InChI=1S/C21H41N5O5S/c1-5-12(3)16(23)19(28)25-15(11-32)18(27)26-17(13(4)6-2)20(29)24-14(21(30)31)9-7-8-10-22/h12-17,32H,5-11,22-23H2,1-4H3,(H,24,29)(H,25,28)(H,26,27)(H,30,31). The van der Waals surface area contributed by atoms with Crippen LogP contribution in [0.15, 0.2) is 0 Å². The molecule has 32 heavy (non-hydrogen) atoms. The van der Waals surface area contributed by atoms with Crippen LogP contribution in [0.1, 0.15) is 59.8 Å². The maximum absolute atomic E-state index is 12.9. The molecular formula is C21H41N5O5S. The van der Waals surface area contributed by atoms with E-state index in [2.05, 4.69) is 28.6 Å². The molecule has 0 fully saturated rings. The number of unbranched alkanes of at least 4 members (excludes halogenated alkanes) is 1. The fourth-order valence-corrected chi connectivity index (χ4v) is 3.20. The van der Waals surface area contributed by atoms with E-state index in [0.29, 0.717) is 32.2 Å². The summed E-state index contributed by atoms with van der Waals surface area (Å²) in [6.07, 6.45) is 2.71. The second-order valence-electron chi connectivity index (χ2n) is 8.21. The monoisotopic (exact) mass is 475 g/mol. The quantitative estimate of drug-likeness (QED) is 0.121. The highest BCUT2D eigenvalue weighted by molar-refractivity contribution is 7.80. The van der Waals surface area contributed by atoms with Crippen LogP contribution in [0.5, 0.6) is 0 Å². The Bertz CT molecular complexity index is 621. The molecule has 186 valence electrons. The van der Waals surface area contributed by atoms with Gasteiger partial charge in [0.05, 0.1) is 6.04 Å². The summed E-state index contributed by atoms with van der Waals surface area (Å²) in [5.74, 6) is -3.11. The smallest absolute Gasteiger partial charge is 0.326 e. The first kappa shape index (κ1) is 30.1. The third-order valence-electron chi connectivity index (χ3n) is 5.73. The molecule has 0 heterocycles. The first-order chi connectivity index (χ1) is 15.0. The van der Waals surface area contributed by atoms with E-state index in [0.717, 1.165) is 0 Å². The number of thiol groups is 1. The number of nitrogens with one attached hydrogen (secondary N) is 3. The van der Waals surface area contributed by atoms with Crippen molar-refractivity contribution in [1.82, 2.24) is 16.0 Å². The number of carbonyl (C=O) groups excluding carboxylic acids is 3. The Morgan fingerprint density at radius 1 is 0.875 bits per heavy atom. The molecule has 10 nitrogen and oxygen atoms in total. The Morgan fingerprint density at radius 3 is 1.91 bits per heavy atom. The van der Waals surface area contributed by atoms with Crippen LogP contribution >= 0.6 is 12.6 Å². The summed E-state index contributed by atoms with van der Waals surface area (Å²) in [5.41, 5.74) is 11.4. The molecule has 0 aliphatic rings. The van der Waals surface area contributed by atoms with Crippen molar-refractivity contribution in [3.63, 3.8) is 0 Å². The van der Waals surface area contributed by atoms with E-state index in [9.17, 15) is 24.3 Å². The Morgan fingerprint density at radius 2 is 1.44 bits per heavy atom. The third kappa shape index (κ3) is 10.2. The van der Waals surface area contributed by atoms with Gasteiger partial charge in [0.25, 0.3) is 0 Å². The van der Waals surface area contributed by atoms with E-state index >= 15 is 0 Å². The summed E-state index contributed by atoms with van der Waals surface area (Å²) in [6.45, 7) is 7.83. The number of hydrogen-bond acceptors (Lipinski definition) is 7. The summed E-state index contributed by atoms with van der Waals surface area (Å²) < 4.78 is 0. The van der Waals surface area contributed by atoms with Crippen LogP contribution in [0.2, 0.25) is 0 Å². The minimum absolute atomic E-state index is 0.0104. The van der Waals surface area contributed by atoms with Gasteiger partial charge in [-0.3, -0.25) is 14.4 Å². The zero-order valence-electron chi connectivity index (χ0n) is 19.6. The van der Waals surface area contributed by atoms with Crippen molar-refractivity contribution >= 4 is 36.3 Å². The summed E-state index contributed by atoms with van der Waals surface area (Å²) in [4.78, 5) is 49.6. The summed E-state index contributed by atoms with van der Waals surface area (Å²) in [7, 11) is 0. The van der Waals surface area contributed by atoms with Crippen LogP contribution < -0.4 is 27.4 Å². The lowest BCUT2D eigenvalue weighted by Gasteiger charge is -2.28. The molecule has 0 aromatic heterocycles. The van der Waals surface area contributed by atoms with E-state index in [1.165, 1.54) is 0 Å². The number of rotatable bonds is 16. The van der Waals surface area contributed by atoms with Crippen molar-refractivity contribution in [2.75, 3.05) is 12.3 Å². The molecule has 6 atom stereocenters. The molecule has 0 spiro atoms. The van der Waals surface area contributed by atoms with E-state index < -0.39 is 47.9 Å². The lowest BCUT2D eigenvalue weighted by molar-refractivity contribution is -0.143. The number of aliphatic carboxylic acids is 1. The summed E-state index contributed by atoms with van der Waals surface area (Å²) in [5, 5.41) is 17.2. The van der Waals surface area contributed by atoms with Crippen molar-refractivity contribution in [2.24, 2.45) is 23.3 Å². The molecule has 0 bridgehead atoms. The molecule has 0 aromatic rings. The first-order valence-electron chi connectivity index (χ1n) is 11.2. The Kier molecular flexibility index (Phi) is 15.0. The molecule has 3 amide bonds. The number of carboxylic acid groups (broad SMARTS) is 1. The van der Waals surface area contributed by atoms with Crippen molar-refractivity contribution in [1.29, 1.82) is 0 Å². The zero-order chi connectivity index (χ0) is 24.8. The van der Waals surface area contributed by atoms with E-state index in [1.54, 1.807) is 6.92 Å². The molecule has 0 saturated heterocycles.